The zero-order chi connectivity index (χ0) is 30.4. The van der Waals surface area contributed by atoms with E-state index in [9.17, 15) is 14.9 Å². The van der Waals surface area contributed by atoms with Crippen LogP contribution in [0, 0.1) is 16.7 Å². The zero-order valence-corrected chi connectivity index (χ0v) is 24.6. The molecule has 1 unspecified atom stereocenters. The van der Waals surface area contributed by atoms with E-state index < -0.39 is 23.8 Å². The average molecular weight is 592 g/mol. The number of hydrogen-bond acceptors (Lipinski definition) is 10. The molecule has 218 valence electrons. The molecule has 2 heterocycles. The maximum atomic E-state index is 12.6. The maximum Gasteiger partial charge on any atom is 0.510 e. The Morgan fingerprint density at radius 3 is 2.36 bits per heavy atom. The van der Waals surface area contributed by atoms with Gasteiger partial charge in [0.2, 0.25) is 12.1 Å². The molecule has 0 aliphatic carbocycles. The molecular weight excluding hydrogens is 562 g/mol. The number of ether oxygens (including phenoxy) is 3. The molecule has 0 spiro atoms. The SMILES string of the molecule is CC(C)c1oc(-c2ccc(Cl)cc2)nc1-c1nn(C(C)OC(=O)OCC(C)(C)C(=O)OCc2ccccc2)nc1C#N. The second-order valence-electron chi connectivity index (χ2n) is 10.4. The van der Waals surface area contributed by atoms with Crippen molar-refractivity contribution in [1.29, 1.82) is 5.26 Å². The van der Waals surface area contributed by atoms with E-state index in [0.717, 1.165) is 10.4 Å². The molecule has 0 fully saturated rings. The van der Waals surface area contributed by atoms with E-state index in [1.807, 2.05) is 50.2 Å². The smallest absolute Gasteiger partial charge is 0.460 e. The molecule has 4 rings (SSSR count). The summed E-state index contributed by atoms with van der Waals surface area (Å²) >= 11 is 6.01. The first-order valence-corrected chi connectivity index (χ1v) is 13.5. The number of nitriles is 1. The molecule has 0 aliphatic rings. The maximum absolute atomic E-state index is 12.6. The monoisotopic (exact) mass is 591 g/mol. The van der Waals surface area contributed by atoms with Crippen molar-refractivity contribution in [3.8, 4) is 28.9 Å². The van der Waals surface area contributed by atoms with Crippen LogP contribution in [-0.2, 0) is 25.6 Å². The van der Waals surface area contributed by atoms with Crippen molar-refractivity contribution in [1.82, 2.24) is 20.0 Å². The standard InChI is InChI=1S/C30H30ClN5O6/c1-18(2)26-25(33-27(42-26)21-11-13-22(31)14-12-21)24-23(15-32)34-36(35-24)19(3)41-29(38)40-17-30(4,5)28(37)39-16-20-9-7-6-8-10-20/h6-14,18-19H,16-17H2,1-5H3. The van der Waals surface area contributed by atoms with Gasteiger partial charge >= 0.3 is 12.1 Å². The van der Waals surface area contributed by atoms with Gasteiger partial charge in [-0.25, -0.2) is 9.78 Å². The molecule has 0 radical (unpaired) electrons. The van der Waals surface area contributed by atoms with Crippen LogP contribution in [0.2, 0.25) is 5.02 Å². The van der Waals surface area contributed by atoms with Crippen LogP contribution in [-0.4, -0.2) is 38.7 Å². The van der Waals surface area contributed by atoms with Gasteiger partial charge in [-0.15, -0.1) is 15.0 Å². The molecule has 2 aromatic carbocycles. The number of carbonyl (C=O) groups is 2. The van der Waals surface area contributed by atoms with Crippen molar-refractivity contribution >= 4 is 23.7 Å². The molecule has 0 aliphatic heterocycles. The van der Waals surface area contributed by atoms with E-state index in [4.69, 9.17) is 30.2 Å². The predicted octanol–water partition coefficient (Wildman–Crippen LogP) is 6.69. The van der Waals surface area contributed by atoms with Crippen LogP contribution >= 0.6 is 11.6 Å². The van der Waals surface area contributed by atoms with E-state index in [2.05, 4.69) is 15.2 Å². The first-order chi connectivity index (χ1) is 20.0. The van der Waals surface area contributed by atoms with Gasteiger partial charge in [0.05, 0.1) is 5.41 Å². The van der Waals surface area contributed by atoms with Crippen LogP contribution in [0.25, 0.3) is 22.8 Å². The highest BCUT2D eigenvalue weighted by Crippen LogP contribution is 2.34. The normalized spacial score (nSPS) is 12.0. The van der Waals surface area contributed by atoms with Crippen molar-refractivity contribution in [2.24, 2.45) is 5.41 Å². The molecule has 12 heteroatoms. The van der Waals surface area contributed by atoms with Gasteiger partial charge < -0.3 is 18.6 Å². The Labute approximate surface area is 248 Å². The van der Waals surface area contributed by atoms with E-state index in [0.29, 0.717) is 27.9 Å². The van der Waals surface area contributed by atoms with Crippen molar-refractivity contribution < 1.29 is 28.2 Å². The first kappa shape index (κ1) is 30.3. The van der Waals surface area contributed by atoms with E-state index in [1.54, 1.807) is 38.1 Å². The van der Waals surface area contributed by atoms with Gasteiger partial charge in [0.15, 0.2) is 11.4 Å². The van der Waals surface area contributed by atoms with Crippen molar-refractivity contribution in [3.63, 3.8) is 0 Å². The Hall–Kier alpha value is -4.69. The molecule has 0 amide bonds. The van der Waals surface area contributed by atoms with Crippen LogP contribution < -0.4 is 0 Å². The van der Waals surface area contributed by atoms with Crippen LogP contribution in [0.5, 0.6) is 0 Å². The summed E-state index contributed by atoms with van der Waals surface area (Å²) in [5.41, 5.74) is 0.915. The third kappa shape index (κ3) is 7.14. The molecule has 4 aromatic rings. The summed E-state index contributed by atoms with van der Waals surface area (Å²) < 4.78 is 21.9. The first-order valence-electron chi connectivity index (χ1n) is 13.2. The largest absolute Gasteiger partial charge is 0.510 e. The fourth-order valence-corrected chi connectivity index (χ4v) is 3.89. The Morgan fingerprint density at radius 1 is 1.02 bits per heavy atom. The fraction of sp³-hybridized carbons (Fsp3) is 0.333. The number of halogens is 1. The minimum absolute atomic E-state index is 0.0287. The van der Waals surface area contributed by atoms with Crippen LogP contribution in [0.15, 0.2) is 59.0 Å². The van der Waals surface area contributed by atoms with Gasteiger partial charge in [-0.3, -0.25) is 4.79 Å². The van der Waals surface area contributed by atoms with Gasteiger partial charge in [0, 0.05) is 16.5 Å². The number of esters is 1. The molecule has 42 heavy (non-hydrogen) atoms. The number of benzene rings is 2. The molecule has 0 saturated heterocycles. The molecular formula is C30H30ClN5O6. The summed E-state index contributed by atoms with van der Waals surface area (Å²) in [4.78, 5) is 30.7. The Morgan fingerprint density at radius 2 is 1.71 bits per heavy atom. The number of nitrogens with zero attached hydrogens (tertiary/aromatic N) is 5. The number of rotatable bonds is 10. The van der Waals surface area contributed by atoms with Gasteiger partial charge in [0.1, 0.15) is 30.7 Å². The lowest BCUT2D eigenvalue weighted by Crippen LogP contribution is -2.33. The van der Waals surface area contributed by atoms with Crippen LogP contribution in [0.1, 0.15) is 63.8 Å². The van der Waals surface area contributed by atoms with E-state index in [-0.39, 0.29) is 30.5 Å². The highest BCUT2D eigenvalue weighted by atomic mass is 35.5. The third-order valence-electron chi connectivity index (χ3n) is 6.14. The number of carbonyl (C=O) groups excluding carboxylic acids is 2. The zero-order valence-electron chi connectivity index (χ0n) is 23.8. The summed E-state index contributed by atoms with van der Waals surface area (Å²) in [5.74, 6) is 0.229. The Kier molecular flexibility index (Phi) is 9.28. The summed E-state index contributed by atoms with van der Waals surface area (Å²) in [7, 11) is 0. The molecule has 2 aromatic heterocycles. The van der Waals surface area contributed by atoms with E-state index >= 15 is 0 Å². The lowest BCUT2D eigenvalue weighted by Gasteiger charge is -2.22. The summed E-state index contributed by atoms with van der Waals surface area (Å²) in [6.45, 7) is 8.37. The molecule has 11 nitrogen and oxygen atoms in total. The van der Waals surface area contributed by atoms with Gasteiger partial charge in [-0.05, 0) is 50.6 Å². The third-order valence-corrected chi connectivity index (χ3v) is 6.39. The van der Waals surface area contributed by atoms with Gasteiger partial charge in [0.25, 0.3) is 0 Å². The average Bonchev–Trinajstić information content (AvgIpc) is 3.61. The molecule has 0 saturated carbocycles. The Bertz CT molecular complexity index is 1590. The lowest BCUT2D eigenvalue weighted by atomic mass is 9.95. The van der Waals surface area contributed by atoms with Crippen LogP contribution in [0.4, 0.5) is 4.79 Å². The van der Waals surface area contributed by atoms with Gasteiger partial charge in [-0.1, -0.05) is 55.8 Å². The second-order valence-corrected chi connectivity index (χ2v) is 10.9. The highest BCUT2D eigenvalue weighted by molar-refractivity contribution is 6.30. The Balaban J connectivity index is 1.43. The number of oxazole rings is 1. The molecule has 0 bridgehead atoms. The number of aromatic nitrogens is 4. The minimum atomic E-state index is -1.12. The molecule has 1 atom stereocenters. The number of hydrogen-bond donors (Lipinski definition) is 0. The van der Waals surface area contributed by atoms with Crippen molar-refractivity contribution in [2.45, 2.75) is 53.4 Å². The van der Waals surface area contributed by atoms with Crippen molar-refractivity contribution in [3.05, 3.63) is 76.6 Å². The minimum Gasteiger partial charge on any atom is -0.460 e. The summed E-state index contributed by atoms with van der Waals surface area (Å²) in [6.07, 6.45) is -2.09. The quantitative estimate of drug-likeness (QED) is 0.183. The fourth-order valence-electron chi connectivity index (χ4n) is 3.77. The highest BCUT2D eigenvalue weighted by Gasteiger charge is 2.32. The summed E-state index contributed by atoms with van der Waals surface area (Å²) in [6, 6.07) is 18.2. The van der Waals surface area contributed by atoms with Gasteiger partial charge in [-0.2, -0.15) is 5.26 Å². The second kappa shape index (κ2) is 12.9. The van der Waals surface area contributed by atoms with Crippen molar-refractivity contribution in [2.75, 3.05) is 6.61 Å². The molecule has 0 N–H and O–H groups in total. The lowest BCUT2D eigenvalue weighted by molar-refractivity contribution is -0.158. The topological polar surface area (TPSA) is 142 Å². The predicted molar refractivity (Wildman–Crippen MR) is 152 cm³/mol. The summed E-state index contributed by atoms with van der Waals surface area (Å²) in [5, 5.41) is 18.9. The van der Waals surface area contributed by atoms with E-state index in [1.165, 1.54) is 6.92 Å². The van der Waals surface area contributed by atoms with Crippen LogP contribution in [0.3, 0.4) is 0 Å².